The Balaban J connectivity index is 1.33. The van der Waals surface area contributed by atoms with Crippen LogP contribution in [-0.4, -0.2) is 92.6 Å². The predicted molar refractivity (Wildman–Crippen MR) is 234 cm³/mol. The van der Waals surface area contributed by atoms with E-state index in [1.54, 1.807) is 82.3 Å². The van der Waals surface area contributed by atoms with Crippen molar-refractivity contribution in [1.29, 1.82) is 0 Å². The molecule has 16 heteroatoms. The summed E-state index contributed by atoms with van der Waals surface area (Å²) in [4.78, 5) is 88.4. The smallest absolute Gasteiger partial charge is 0.411 e. The van der Waals surface area contributed by atoms with Crippen molar-refractivity contribution in [2.24, 2.45) is 28.2 Å². The van der Waals surface area contributed by atoms with Crippen LogP contribution in [0.15, 0.2) is 72.8 Å². The van der Waals surface area contributed by atoms with Gasteiger partial charge in [0.1, 0.15) is 16.9 Å². The van der Waals surface area contributed by atoms with Crippen LogP contribution in [0.2, 0.25) is 0 Å². The second kappa shape index (κ2) is 15.4. The molecule has 4 aliphatic carbocycles. The fourth-order valence-corrected chi connectivity index (χ4v) is 14.0. The van der Waals surface area contributed by atoms with E-state index >= 15 is 14.0 Å². The van der Waals surface area contributed by atoms with Gasteiger partial charge in [-0.05, 0) is 98.5 Å². The summed E-state index contributed by atoms with van der Waals surface area (Å²) in [6.07, 6.45) is -0.311. The molecule has 3 heterocycles. The molecule has 3 aromatic rings. The molecular weight excluding hydrogens is 822 g/mol. The van der Waals surface area contributed by atoms with Crippen molar-refractivity contribution in [2.75, 3.05) is 18.0 Å². The zero-order valence-electron chi connectivity index (χ0n) is 37.1. The number of carbonyl (C=O) groups excluding carboxylic acids is 4. The van der Waals surface area contributed by atoms with Gasteiger partial charge in [0.05, 0.1) is 17.4 Å². The molecule has 0 radical (unpaired) electrons. The number of likely N-dealkylation sites (tertiary alicyclic amines) is 2. The topological polar surface area (TPSA) is 229 Å². The molecule has 3 fully saturated rings. The van der Waals surface area contributed by atoms with Crippen LogP contribution in [0.5, 0.6) is 0 Å². The number of benzene rings is 3. The van der Waals surface area contributed by atoms with Gasteiger partial charge < -0.3 is 26.6 Å². The van der Waals surface area contributed by atoms with Gasteiger partial charge in [-0.1, -0.05) is 89.2 Å². The molecule has 9 atom stereocenters. The molecule has 0 aromatic heterocycles. The Morgan fingerprint density at radius 3 is 1.61 bits per heavy atom. The maximum Gasteiger partial charge on any atom is 0.411 e. The van der Waals surface area contributed by atoms with Gasteiger partial charge in [0.2, 0.25) is 11.8 Å². The minimum absolute atomic E-state index is 0.209. The number of hydrogen-bond donors (Lipinski definition) is 6. The van der Waals surface area contributed by atoms with Gasteiger partial charge >= 0.3 is 12.2 Å². The number of fused-ring (bicyclic) bond motifs is 8. The largest absolute Gasteiger partial charge is 0.465 e. The van der Waals surface area contributed by atoms with Crippen molar-refractivity contribution in [2.45, 2.75) is 120 Å². The average molecular weight is 880 g/mol. The number of carbonyl (C=O) groups is 6. The van der Waals surface area contributed by atoms with Crippen molar-refractivity contribution < 1.29 is 43.4 Å². The number of nitrogens with one attached hydrogen (secondary N) is 2. The average Bonchev–Trinajstić information content (AvgIpc) is 3.89. The van der Waals surface area contributed by atoms with Crippen molar-refractivity contribution in [1.82, 2.24) is 20.4 Å². The SMILES string of the molecule is CC1C[C@H](C2CCCN2[C@]2(C(=O)NC(=O)O)c3ccc(cc3)C(C(N)=O)C2(C)C)N(c2cccc(F)c2)[C@@]1(C)C1CCCN1[C@]1(C(=O)NC(=O)O)c2ccc(cc2)C(C(N)=O)C1(C)C. The van der Waals surface area contributed by atoms with Crippen LogP contribution in [-0.2, 0) is 30.3 Å². The molecule has 6 amide bonds. The summed E-state index contributed by atoms with van der Waals surface area (Å²) >= 11 is 0. The lowest BCUT2D eigenvalue weighted by Gasteiger charge is -2.59. The highest BCUT2D eigenvalue weighted by Crippen LogP contribution is 2.62. The lowest BCUT2D eigenvalue weighted by atomic mass is 9.59. The van der Waals surface area contributed by atoms with Crippen molar-refractivity contribution in [3.05, 3.63) is 101 Å². The number of primary amides is 2. The zero-order valence-corrected chi connectivity index (χ0v) is 37.1. The first-order valence-corrected chi connectivity index (χ1v) is 22.1. The number of nitrogens with two attached hydrogens (primary N) is 2. The first kappa shape index (κ1) is 44.7. The van der Waals surface area contributed by atoms with Gasteiger partial charge in [0.25, 0.3) is 11.8 Å². The van der Waals surface area contributed by atoms with E-state index in [2.05, 4.69) is 39.2 Å². The maximum atomic E-state index is 15.7. The standard InChI is InChI=1S/C48H58FN7O8/c1-26-24-34(33-12-8-22-54(33)47(40(59)52-42(61)62)29-18-14-27(15-19-29)36(38(50)57)44(47,2)3)56(32-11-7-10-31(49)25-32)46(26,6)35-13-9-23-55(35)48(41(60)53-43(63)64)30-20-16-28(17-21-30)37(39(51)58)45(48,4)5/h7,10-11,14-21,25-26,33-37H,8-9,12-13,22-24H2,1-6H3,(H2,50,57)(H2,51,58)(H,52,59)(H,53,60)(H,61,62)(H,63,64)/t26?,33?,34-,35?,36?,37?,46-,47+,48+/m1/s1. The highest BCUT2D eigenvalue weighted by atomic mass is 19.1. The van der Waals surface area contributed by atoms with Gasteiger partial charge in [-0.15, -0.1) is 0 Å². The summed E-state index contributed by atoms with van der Waals surface area (Å²) < 4.78 is 15.7. The lowest BCUT2D eigenvalue weighted by Crippen LogP contribution is -2.72. The minimum Gasteiger partial charge on any atom is -0.465 e. The molecule has 64 heavy (non-hydrogen) atoms. The number of hydrogen-bond acceptors (Lipinski definition) is 9. The normalized spacial score (nSPS) is 32.8. The van der Waals surface area contributed by atoms with Gasteiger partial charge in [-0.2, -0.15) is 0 Å². The molecule has 3 aromatic carbocycles. The van der Waals surface area contributed by atoms with Crippen LogP contribution >= 0.6 is 0 Å². The molecule has 4 bridgehead atoms. The minimum atomic E-state index is -1.76. The third-order valence-corrected chi connectivity index (χ3v) is 16.4. The highest BCUT2D eigenvalue weighted by molar-refractivity contribution is 6.01. The number of carboxylic acid groups (broad SMARTS) is 2. The van der Waals surface area contributed by atoms with Gasteiger partial charge in [-0.3, -0.25) is 39.6 Å². The maximum absolute atomic E-state index is 15.7. The van der Waals surface area contributed by atoms with Gasteiger partial charge in [0, 0.05) is 34.6 Å². The van der Waals surface area contributed by atoms with Crippen LogP contribution in [0, 0.1) is 22.6 Å². The first-order chi connectivity index (χ1) is 30.1. The Kier molecular flexibility index (Phi) is 10.8. The molecule has 7 aliphatic rings. The number of nitrogens with zero attached hydrogens (tertiary/aromatic N) is 3. The van der Waals surface area contributed by atoms with Crippen LogP contribution < -0.4 is 27.0 Å². The van der Waals surface area contributed by atoms with E-state index in [9.17, 15) is 29.4 Å². The quantitative estimate of drug-likeness (QED) is 0.161. The first-order valence-electron chi connectivity index (χ1n) is 22.1. The van der Waals surface area contributed by atoms with E-state index in [4.69, 9.17) is 11.5 Å². The predicted octanol–water partition coefficient (Wildman–Crippen LogP) is 5.32. The van der Waals surface area contributed by atoms with E-state index < -0.39 is 99.0 Å². The molecule has 5 unspecified atom stereocenters. The molecule has 15 nitrogen and oxygen atoms in total. The third-order valence-electron chi connectivity index (χ3n) is 16.4. The van der Waals surface area contributed by atoms with Crippen LogP contribution in [0.25, 0.3) is 0 Å². The van der Waals surface area contributed by atoms with E-state index in [0.29, 0.717) is 73.1 Å². The molecule has 0 spiro atoms. The Morgan fingerprint density at radius 1 is 0.672 bits per heavy atom. The number of imide groups is 2. The van der Waals surface area contributed by atoms with Gasteiger partial charge in [-0.25, -0.2) is 14.0 Å². The lowest BCUT2D eigenvalue weighted by molar-refractivity contribution is -0.151. The molecule has 340 valence electrons. The summed E-state index contributed by atoms with van der Waals surface area (Å²) in [5, 5.41) is 24.6. The highest BCUT2D eigenvalue weighted by Gasteiger charge is 2.70. The summed E-state index contributed by atoms with van der Waals surface area (Å²) in [6.45, 7) is 12.0. The van der Waals surface area contributed by atoms with Crippen LogP contribution in [0.3, 0.4) is 0 Å². The fraction of sp³-hybridized carbons (Fsp3) is 0.500. The van der Waals surface area contributed by atoms with Crippen molar-refractivity contribution >= 4 is 41.5 Å². The summed E-state index contributed by atoms with van der Waals surface area (Å²) in [5.74, 6) is -5.66. The Hall–Kier alpha value is -5.87. The molecule has 10 rings (SSSR count). The van der Waals surface area contributed by atoms with E-state index in [-0.39, 0.29) is 5.92 Å². The van der Waals surface area contributed by atoms with Crippen LogP contribution in [0.1, 0.15) is 108 Å². The Morgan fingerprint density at radius 2 is 1.14 bits per heavy atom. The molecular formula is C48H58FN7O8. The van der Waals surface area contributed by atoms with Crippen molar-refractivity contribution in [3.8, 4) is 0 Å². The number of anilines is 1. The summed E-state index contributed by atoms with van der Waals surface area (Å²) in [5.41, 5.74) is 8.02. The van der Waals surface area contributed by atoms with Crippen molar-refractivity contribution in [3.63, 3.8) is 0 Å². The molecule has 3 aliphatic heterocycles. The third kappa shape index (κ3) is 6.04. The Labute approximate surface area is 371 Å². The van der Waals surface area contributed by atoms with E-state index in [1.165, 1.54) is 12.1 Å². The molecule has 0 saturated carbocycles. The number of rotatable bonds is 9. The number of halogens is 1. The molecule has 3 saturated heterocycles. The number of amides is 6. The van der Waals surface area contributed by atoms with E-state index in [1.807, 2.05) is 6.07 Å². The summed E-state index contributed by atoms with van der Waals surface area (Å²) in [6, 6.07) is 18.9. The summed E-state index contributed by atoms with van der Waals surface area (Å²) in [7, 11) is 0. The Bertz CT molecular complexity index is 2430. The fourth-order valence-electron chi connectivity index (χ4n) is 14.0. The molecule has 8 N–H and O–H groups in total. The van der Waals surface area contributed by atoms with Gasteiger partial charge in [0.15, 0.2) is 0 Å². The second-order valence-electron chi connectivity index (χ2n) is 19.8. The second-order valence-corrected chi connectivity index (χ2v) is 19.8. The van der Waals surface area contributed by atoms with E-state index in [0.717, 1.165) is 0 Å². The van der Waals surface area contributed by atoms with Crippen LogP contribution in [0.4, 0.5) is 19.7 Å². The zero-order chi connectivity index (χ0) is 46.5. The monoisotopic (exact) mass is 879 g/mol.